The van der Waals surface area contributed by atoms with Gasteiger partial charge in [-0.25, -0.2) is 18.6 Å². The highest BCUT2D eigenvalue weighted by molar-refractivity contribution is 5.86. The minimum absolute atomic E-state index is 0.0652. The van der Waals surface area contributed by atoms with Crippen molar-refractivity contribution in [3.05, 3.63) is 53.7 Å². The molecule has 1 aliphatic rings. The Balaban J connectivity index is 1.83. The third kappa shape index (κ3) is 4.42. The molecular weight excluding hydrogens is 370 g/mol. The Kier molecular flexibility index (Phi) is 5.84. The molecule has 0 spiro atoms. The van der Waals surface area contributed by atoms with Crippen molar-refractivity contribution in [3.8, 4) is 5.88 Å². The van der Waals surface area contributed by atoms with Crippen LogP contribution in [0.4, 0.5) is 19.3 Å². The second-order valence-electron chi connectivity index (χ2n) is 6.31. The van der Waals surface area contributed by atoms with Crippen molar-refractivity contribution in [1.29, 1.82) is 0 Å². The summed E-state index contributed by atoms with van der Waals surface area (Å²) in [6, 6.07) is 6.49. The molecule has 1 aromatic heterocycles. The summed E-state index contributed by atoms with van der Waals surface area (Å²) in [4.78, 5) is 20.2. The van der Waals surface area contributed by atoms with E-state index < -0.39 is 23.3 Å². The molecule has 148 valence electrons. The minimum Gasteiger partial charge on any atom is -0.391 e. The minimum atomic E-state index is -0.884. The highest BCUT2D eigenvalue weighted by atomic mass is 19.1. The first kappa shape index (κ1) is 19.7. The second kappa shape index (κ2) is 8.30. The van der Waals surface area contributed by atoms with Gasteiger partial charge in [-0.2, -0.15) is 0 Å². The maximum atomic E-state index is 14.6. The summed E-state index contributed by atoms with van der Waals surface area (Å²) < 4.78 is 37.9. The molecule has 1 atom stereocenters. The van der Waals surface area contributed by atoms with Crippen molar-refractivity contribution in [2.24, 2.45) is 10.7 Å². The van der Waals surface area contributed by atoms with E-state index in [2.05, 4.69) is 15.3 Å². The van der Waals surface area contributed by atoms with E-state index >= 15 is 0 Å². The van der Waals surface area contributed by atoms with E-state index in [0.717, 1.165) is 12.3 Å². The van der Waals surface area contributed by atoms with Crippen LogP contribution in [0.1, 0.15) is 25.3 Å². The third-order valence-corrected chi connectivity index (χ3v) is 4.46. The van der Waals surface area contributed by atoms with Gasteiger partial charge in [0.2, 0.25) is 5.88 Å². The van der Waals surface area contributed by atoms with Crippen molar-refractivity contribution in [3.63, 3.8) is 0 Å². The van der Waals surface area contributed by atoms with E-state index in [1.54, 1.807) is 0 Å². The molecule has 28 heavy (non-hydrogen) atoms. The fourth-order valence-corrected chi connectivity index (χ4v) is 3.04. The number of rotatable bonds is 4. The van der Waals surface area contributed by atoms with E-state index in [4.69, 9.17) is 15.2 Å². The first-order chi connectivity index (χ1) is 13.4. The van der Waals surface area contributed by atoms with Crippen LogP contribution >= 0.6 is 0 Å². The van der Waals surface area contributed by atoms with Gasteiger partial charge in [0.1, 0.15) is 24.1 Å². The zero-order valence-electron chi connectivity index (χ0n) is 15.2. The number of aliphatic imine (C=N–C) groups is 1. The van der Waals surface area contributed by atoms with Crippen LogP contribution in [0, 0.1) is 11.6 Å². The number of halogens is 2. The van der Waals surface area contributed by atoms with Crippen molar-refractivity contribution in [2.45, 2.75) is 25.3 Å². The molecule has 3 rings (SSSR count). The van der Waals surface area contributed by atoms with Gasteiger partial charge in [-0.3, -0.25) is 10.3 Å². The molecular formula is C19H20F2N4O3. The van der Waals surface area contributed by atoms with Gasteiger partial charge in [0.05, 0.1) is 11.7 Å². The monoisotopic (exact) mass is 390 g/mol. The smallest absolute Gasteiger partial charge is 0.391 e. The number of hydrogen-bond donors (Lipinski definition) is 2. The molecule has 3 N–H and O–H groups in total. The summed E-state index contributed by atoms with van der Waals surface area (Å²) in [5.41, 5.74) is 5.61. The molecule has 0 bridgehead atoms. The molecule has 1 aliphatic heterocycles. The van der Waals surface area contributed by atoms with E-state index in [0.29, 0.717) is 36.5 Å². The second-order valence-corrected chi connectivity index (χ2v) is 6.31. The molecule has 7 nitrogen and oxygen atoms in total. The van der Waals surface area contributed by atoms with Crippen LogP contribution < -0.4 is 15.8 Å². The summed E-state index contributed by atoms with van der Waals surface area (Å²) in [7, 11) is 0. The van der Waals surface area contributed by atoms with Gasteiger partial charge in [-0.1, -0.05) is 6.92 Å². The number of carbonyl (C=O) groups is 1. The highest BCUT2D eigenvalue weighted by Gasteiger charge is 2.34. The molecule has 1 aromatic carbocycles. The zero-order chi connectivity index (χ0) is 20.1. The SMILES string of the molecule is CC[C@@]1(c2cc(NC(=O)Oc3ccc(F)cn3)ccc2F)CCOCC(N)=N1. The fourth-order valence-electron chi connectivity index (χ4n) is 3.04. The predicted molar refractivity (Wildman–Crippen MR) is 99.3 cm³/mol. The van der Waals surface area contributed by atoms with Gasteiger partial charge in [0.25, 0.3) is 0 Å². The molecule has 0 fully saturated rings. The quantitative estimate of drug-likeness (QED) is 0.834. The Labute approximate surface area is 160 Å². The van der Waals surface area contributed by atoms with E-state index in [1.165, 1.54) is 24.3 Å². The van der Waals surface area contributed by atoms with E-state index in [1.807, 2.05) is 6.92 Å². The van der Waals surface area contributed by atoms with Gasteiger partial charge in [-0.15, -0.1) is 0 Å². The molecule has 1 amide bonds. The van der Waals surface area contributed by atoms with Crippen LogP contribution in [-0.2, 0) is 10.3 Å². The van der Waals surface area contributed by atoms with Crippen molar-refractivity contribution in [2.75, 3.05) is 18.5 Å². The third-order valence-electron chi connectivity index (χ3n) is 4.46. The summed E-state index contributed by atoms with van der Waals surface area (Å²) in [5.74, 6) is -0.782. The van der Waals surface area contributed by atoms with Gasteiger partial charge >= 0.3 is 6.09 Å². The Morgan fingerprint density at radius 1 is 1.36 bits per heavy atom. The van der Waals surface area contributed by atoms with Crippen molar-refractivity contribution >= 4 is 17.6 Å². The molecule has 9 heteroatoms. The molecule has 0 radical (unpaired) electrons. The first-order valence-corrected chi connectivity index (χ1v) is 8.74. The molecule has 0 unspecified atom stereocenters. The Morgan fingerprint density at radius 3 is 2.89 bits per heavy atom. The number of nitrogens with one attached hydrogen (secondary N) is 1. The number of benzene rings is 1. The number of pyridine rings is 1. The first-order valence-electron chi connectivity index (χ1n) is 8.74. The average Bonchev–Trinajstić information content (AvgIpc) is 2.87. The fraction of sp³-hybridized carbons (Fsp3) is 0.316. The van der Waals surface area contributed by atoms with Crippen LogP contribution in [0.2, 0.25) is 0 Å². The summed E-state index contributed by atoms with van der Waals surface area (Å²) in [5, 5.41) is 2.51. The molecule has 0 aliphatic carbocycles. The standard InChI is InChI=1S/C19H20F2N4O3/c1-2-19(7-8-27-11-16(22)25-19)14-9-13(4-5-15(14)21)24-18(26)28-17-6-3-12(20)10-23-17/h3-6,9-10H,2,7-8,11H2,1H3,(H2,22,25)(H,24,26)/t19-/m0/s1. The number of anilines is 1. The largest absolute Gasteiger partial charge is 0.418 e. The summed E-state index contributed by atoms with van der Waals surface area (Å²) in [6.45, 7) is 2.46. The summed E-state index contributed by atoms with van der Waals surface area (Å²) in [6.07, 6.45) is 1.05. The lowest BCUT2D eigenvalue weighted by molar-refractivity contribution is 0.154. The van der Waals surface area contributed by atoms with Crippen LogP contribution in [0.15, 0.2) is 41.5 Å². The van der Waals surface area contributed by atoms with Crippen LogP contribution in [-0.4, -0.2) is 30.1 Å². The van der Waals surface area contributed by atoms with Crippen molar-refractivity contribution < 1.29 is 23.0 Å². The molecule has 0 saturated carbocycles. The number of amidine groups is 1. The Bertz CT molecular complexity index is 889. The number of hydrogen-bond acceptors (Lipinski definition) is 6. The molecule has 0 saturated heterocycles. The van der Waals surface area contributed by atoms with Crippen molar-refractivity contribution in [1.82, 2.24) is 4.98 Å². The lowest BCUT2D eigenvalue weighted by atomic mass is 9.84. The lowest BCUT2D eigenvalue weighted by Gasteiger charge is -2.29. The molecule has 2 heterocycles. The number of ether oxygens (including phenoxy) is 2. The number of nitrogens with zero attached hydrogens (tertiary/aromatic N) is 2. The van der Waals surface area contributed by atoms with Gasteiger partial charge < -0.3 is 15.2 Å². The maximum Gasteiger partial charge on any atom is 0.418 e. The van der Waals surface area contributed by atoms with Gasteiger partial charge in [0.15, 0.2) is 0 Å². The summed E-state index contributed by atoms with van der Waals surface area (Å²) >= 11 is 0. The zero-order valence-corrected chi connectivity index (χ0v) is 15.2. The van der Waals surface area contributed by atoms with Crippen LogP contribution in [0.3, 0.4) is 0 Å². The molecule has 2 aromatic rings. The number of carbonyl (C=O) groups excluding carboxylic acids is 1. The Hall–Kier alpha value is -3.07. The lowest BCUT2D eigenvalue weighted by Crippen LogP contribution is -2.28. The average molecular weight is 390 g/mol. The van der Waals surface area contributed by atoms with Gasteiger partial charge in [0, 0.05) is 30.3 Å². The van der Waals surface area contributed by atoms with Crippen LogP contribution in [0.5, 0.6) is 5.88 Å². The highest BCUT2D eigenvalue weighted by Crippen LogP contribution is 2.37. The number of nitrogens with two attached hydrogens (primary N) is 1. The van der Waals surface area contributed by atoms with Crippen LogP contribution in [0.25, 0.3) is 0 Å². The topological polar surface area (TPSA) is 98.8 Å². The van der Waals surface area contributed by atoms with Gasteiger partial charge in [-0.05, 0) is 30.7 Å². The number of amides is 1. The normalized spacial score (nSPS) is 19.5. The maximum absolute atomic E-state index is 14.6. The Morgan fingerprint density at radius 2 is 2.18 bits per heavy atom. The number of aromatic nitrogens is 1. The van der Waals surface area contributed by atoms with E-state index in [-0.39, 0.29) is 12.5 Å². The predicted octanol–water partition coefficient (Wildman–Crippen LogP) is 3.35. The van der Waals surface area contributed by atoms with E-state index in [9.17, 15) is 13.6 Å².